The van der Waals surface area contributed by atoms with Gasteiger partial charge in [-0.3, -0.25) is 4.79 Å². The van der Waals surface area contributed by atoms with Crippen LogP contribution in [0.3, 0.4) is 0 Å². The molecular formula is C15H8I3O5-. The van der Waals surface area contributed by atoms with Gasteiger partial charge in [-0.05, 0) is 104 Å². The van der Waals surface area contributed by atoms with E-state index in [9.17, 15) is 19.8 Å². The summed E-state index contributed by atoms with van der Waals surface area (Å²) in [5.74, 6) is -1.29. The van der Waals surface area contributed by atoms with E-state index in [-0.39, 0.29) is 12.2 Å². The minimum atomic E-state index is -1.69. The number of Topliss-reactive ketones (excluding diaryl/α,β-unsaturated/α-hetero) is 1. The first kappa shape index (κ1) is 18.7. The first-order chi connectivity index (χ1) is 10.8. The highest BCUT2D eigenvalue weighted by molar-refractivity contribution is 14.1. The number of carbonyl (C=O) groups excluding carboxylic acids is 2. The molecule has 0 bridgehead atoms. The smallest absolute Gasteiger partial charge is 0.182 e. The minimum Gasteiger partial charge on any atom is -0.542 e. The number of phenolic OH excluding ortho intramolecular Hbond substituents is 1. The number of ether oxygens (including phenoxy) is 1. The van der Waals surface area contributed by atoms with Gasteiger partial charge < -0.3 is 19.7 Å². The van der Waals surface area contributed by atoms with Crippen molar-refractivity contribution in [2.75, 3.05) is 0 Å². The lowest BCUT2D eigenvalue weighted by molar-refractivity contribution is -0.299. The Morgan fingerprint density at radius 3 is 2.17 bits per heavy atom. The summed E-state index contributed by atoms with van der Waals surface area (Å²) < 4.78 is 8.00. The van der Waals surface area contributed by atoms with Crippen LogP contribution in [0, 0.1) is 10.7 Å². The molecule has 0 heterocycles. The average molecular weight is 649 g/mol. The van der Waals surface area contributed by atoms with Crippen molar-refractivity contribution in [3.05, 3.63) is 46.6 Å². The van der Waals surface area contributed by atoms with Crippen LogP contribution in [0.4, 0.5) is 0 Å². The van der Waals surface area contributed by atoms with Gasteiger partial charge in [-0.1, -0.05) is 0 Å². The molecule has 0 saturated carbocycles. The molecule has 0 atom stereocenters. The van der Waals surface area contributed by atoms with E-state index in [1.807, 2.05) is 22.6 Å². The Morgan fingerprint density at radius 2 is 1.65 bits per heavy atom. The molecule has 2 rings (SSSR count). The first-order valence-corrected chi connectivity index (χ1v) is 9.40. The van der Waals surface area contributed by atoms with Crippen LogP contribution in [-0.2, 0) is 16.0 Å². The molecule has 0 fully saturated rings. The number of carboxylic acid groups (broad SMARTS) is 1. The zero-order valence-corrected chi connectivity index (χ0v) is 17.8. The summed E-state index contributed by atoms with van der Waals surface area (Å²) in [7, 11) is 0. The highest BCUT2D eigenvalue weighted by Crippen LogP contribution is 2.34. The highest BCUT2D eigenvalue weighted by atomic mass is 127. The number of phenols is 1. The van der Waals surface area contributed by atoms with Crippen LogP contribution >= 0.6 is 67.8 Å². The fourth-order valence-electron chi connectivity index (χ4n) is 1.74. The van der Waals surface area contributed by atoms with E-state index in [1.165, 1.54) is 0 Å². The van der Waals surface area contributed by atoms with Crippen LogP contribution in [0.2, 0.25) is 0 Å². The number of ketones is 1. The molecule has 5 nitrogen and oxygen atoms in total. The molecule has 2 aromatic carbocycles. The van der Waals surface area contributed by atoms with Crippen molar-refractivity contribution < 1.29 is 24.5 Å². The van der Waals surface area contributed by atoms with Gasteiger partial charge in [-0.15, -0.1) is 0 Å². The maximum atomic E-state index is 11.3. The van der Waals surface area contributed by atoms with Gasteiger partial charge in [-0.2, -0.15) is 0 Å². The molecule has 2 aromatic rings. The molecule has 0 radical (unpaired) electrons. The van der Waals surface area contributed by atoms with Gasteiger partial charge in [0.15, 0.2) is 11.5 Å². The Hall–Kier alpha value is -0.630. The van der Waals surface area contributed by atoms with Gasteiger partial charge in [0.25, 0.3) is 0 Å². The second-order valence-electron chi connectivity index (χ2n) is 4.49. The Labute approximate surface area is 172 Å². The van der Waals surface area contributed by atoms with Crippen molar-refractivity contribution in [2.24, 2.45) is 0 Å². The average Bonchev–Trinajstić information content (AvgIpc) is 2.46. The van der Waals surface area contributed by atoms with Crippen LogP contribution in [-0.4, -0.2) is 16.9 Å². The molecule has 0 aromatic heterocycles. The quantitative estimate of drug-likeness (QED) is 0.398. The van der Waals surface area contributed by atoms with E-state index in [0.717, 1.165) is 7.14 Å². The first-order valence-electron chi connectivity index (χ1n) is 6.16. The Bertz CT molecular complexity index is 766. The third-order valence-electron chi connectivity index (χ3n) is 2.79. The third-order valence-corrected chi connectivity index (χ3v) is 5.26. The van der Waals surface area contributed by atoms with Crippen LogP contribution in [0.5, 0.6) is 17.2 Å². The molecule has 0 aliphatic heterocycles. The predicted octanol–water partition coefficient (Wildman–Crippen LogP) is 2.86. The summed E-state index contributed by atoms with van der Waals surface area (Å²) in [6, 6.07) is 8.30. The molecule has 0 aliphatic rings. The number of halogens is 3. The lowest BCUT2D eigenvalue weighted by atomic mass is 10.1. The number of rotatable bonds is 5. The monoisotopic (exact) mass is 649 g/mol. The minimum absolute atomic E-state index is 0.179. The Kier molecular flexibility index (Phi) is 6.48. The summed E-state index contributed by atoms with van der Waals surface area (Å²) >= 11 is 6.13. The summed E-state index contributed by atoms with van der Waals surface area (Å²) in [4.78, 5) is 21.8. The van der Waals surface area contributed by atoms with Gasteiger partial charge in [0.1, 0.15) is 17.5 Å². The van der Waals surface area contributed by atoms with Gasteiger partial charge in [0.05, 0.1) is 10.7 Å². The second kappa shape index (κ2) is 7.96. The predicted molar refractivity (Wildman–Crippen MR) is 106 cm³/mol. The van der Waals surface area contributed by atoms with E-state index in [2.05, 4.69) is 45.2 Å². The van der Waals surface area contributed by atoms with Crippen LogP contribution < -0.4 is 9.84 Å². The second-order valence-corrected chi connectivity index (χ2v) is 7.98. The fourth-order valence-corrected chi connectivity index (χ4v) is 4.34. The zero-order chi connectivity index (χ0) is 17.1. The van der Waals surface area contributed by atoms with E-state index in [0.29, 0.717) is 20.6 Å². The highest BCUT2D eigenvalue weighted by Gasteiger charge is 2.13. The number of aromatic hydroxyl groups is 1. The van der Waals surface area contributed by atoms with Gasteiger partial charge >= 0.3 is 0 Å². The van der Waals surface area contributed by atoms with Crippen molar-refractivity contribution in [1.29, 1.82) is 0 Å². The molecule has 23 heavy (non-hydrogen) atoms. The van der Waals surface area contributed by atoms with Crippen LogP contribution in [0.1, 0.15) is 5.56 Å². The molecule has 0 amide bonds. The summed E-state index contributed by atoms with van der Waals surface area (Å²) in [5.41, 5.74) is 0.584. The van der Waals surface area contributed by atoms with E-state index in [4.69, 9.17) is 4.74 Å². The van der Waals surface area contributed by atoms with Crippen molar-refractivity contribution in [1.82, 2.24) is 0 Å². The van der Waals surface area contributed by atoms with Gasteiger partial charge in [0, 0.05) is 6.42 Å². The number of benzene rings is 2. The molecule has 120 valence electrons. The standard InChI is InChI=1S/C15H9I3O5/c16-9-6-8(1-2-12(9)19)23-14-10(17)3-7(4-11(14)18)5-13(20)15(21)22/h1-4,6,19H,5H2,(H,21,22)/p-1. The number of carbonyl (C=O) groups is 2. The molecule has 0 saturated heterocycles. The summed E-state index contributed by atoms with van der Waals surface area (Å²) in [6.07, 6.45) is -0.217. The van der Waals surface area contributed by atoms with Crippen molar-refractivity contribution >= 4 is 79.5 Å². The van der Waals surface area contributed by atoms with E-state index >= 15 is 0 Å². The SMILES string of the molecule is O=C([O-])C(=O)Cc1cc(I)c(Oc2ccc(O)c(I)c2)c(I)c1. The molecule has 0 unspecified atom stereocenters. The maximum absolute atomic E-state index is 11.3. The summed E-state index contributed by atoms with van der Waals surface area (Å²) in [5, 5.41) is 20.1. The number of hydrogen-bond acceptors (Lipinski definition) is 5. The van der Waals surface area contributed by atoms with Gasteiger partial charge in [-0.25, -0.2) is 0 Å². The Balaban J connectivity index is 2.28. The summed E-state index contributed by atoms with van der Waals surface area (Å²) in [6.45, 7) is 0. The largest absolute Gasteiger partial charge is 0.542 e. The zero-order valence-electron chi connectivity index (χ0n) is 11.3. The lowest BCUT2D eigenvalue weighted by Crippen LogP contribution is -2.32. The van der Waals surface area contributed by atoms with Crippen LogP contribution in [0.25, 0.3) is 0 Å². The van der Waals surface area contributed by atoms with Crippen molar-refractivity contribution in [2.45, 2.75) is 6.42 Å². The van der Waals surface area contributed by atoms with Gasteiger partial charge in [0.2, 0.25) is 0 Å². The lowest BCUT2D eigenvalue weighted by Gasteiger charge is -2.12. The third kappa shape index (κ3) is 4.92. The number of carboxylic acids is 1. The topological polar surface area (TPSA) is 86.7 Å². The van der Waals surface area contributed by atoms with E-state index < -0.39 is 11.8 Å². The number of aliphatic carboxylic acids is 1. The van der Waals surface area contributed by atoms with Crippen molar-refractivity contribution in [3.63, 3.8) is 0 Å². The van der Waals surface area contributed by atoms with E-state index in [1.54, 1.807) is 30.3 Å². The molecule has 1 N–H and O–H groups in total. The molecular weight excluding hydrogens is 641 g/mol. The van der Waals surface area contributed by atoms with Crippen molar-refractivity contribution in [3.8, 4) is 17.2 Å². The van der Waals surface area contributed by atoms with Crippen LogP contribution in [0.15, 0.2) is 30.3 Å². The molecule has 0 aliphatic carbocycles. The normalized spacial score (nSPS) is 10.4. The maximum Gasteiger partial charge on any atom is 0.182 e. The number of hydrogen-bond donors (Lipinski definition) is 1. The molecule has 0 spiro atoms. The molecule has 8 heteroatoms. The fraction of sp³-hybridized carbons (Fsp3) is 0.0667. The Morgan fingerprint density at radius 1 is 1.04 bits per heavy atom.